The summed E-state index contributed by atoms with van der Waals surface area (Å²) in [6.07, 6.45) is 1.76. The molecule has 18 heavy (non-hydrogen) atoms. The second-order valence-corrected chi connectivity index (χ2v) is 4.79. The number of benzene rings is 1. The number of hydrogen-bond acceptors (Lipinski definition) is 3. The van der Waals surface area contributed by atoms with Gasteiger partial charge in [-0.2, -0.15) is 0 Å². The Hall–Kier alpha value is -1.39. The Morgan fingerprint density at radius 2 is 2.17 bits per heavy atom. The molecule has 0 spiro atoms. The maximum absolute atomic E-state index is 11.7. The normalized spacial score (nSPS) is 22.9. The van der Waals surface area contributed by atoms with Crippen molar-refractivity contribution in [3.05, 3.63) is 35.9 Å². The summed E-state index contributed by atoms with van der Waals surface area (Å²) in [6.45, 7) is 1.16. The van der Waals surface area contributed by atoms with Gasteiger partial charge in [-0.05, 0) is 12.0 Å². The Kier molecular flexibility index (Phi) is 4.33. The number of carbonyl (C=O) groups excluding carboxylic acids is 1. The van der Waals surface area contributed by atoms with E-state index in [1.807, 2.05) is 30.3 Å². The molecule has 98 valence electrons. The van der Waals surface area contributed by atoms with Crippen LogP contribution < -0.4 is 5.32 Å². The Morgan fingerprint density at radius 3 is 2.83 bits per heavy atom. The maximum atomic E-state index is 11.7. The van der Waals surface area contributed by atoms with Gasteiger partial charge in [-0.3, -0.25) is 4.79 Å². The zero-order valence-electron chi connectivity index (χ0n) is 10.4. The monoisotopic (exact) mass is 249 g/mol. The molecule has 2 N–H and O–H groups in total. The van der Waals surface area contributed by atoms with Crippen LogP contribution in [0.25, 0.3) is 0 Å². The summed E-state index contributed by atoms with van der Waals surface area (Å²) in [7, 11) is 0. The Bertz CT molecular complexity index is 385. The first-order chi connectivity index (χ1) is 8.68. The predicted octanol–water partition coefficient (Wildman–Crippen LogP) is 0.887. The highest BCUT2D eigenvalue weighted by atomic mass is 16.5. The highest BCUT2D eigenvalue weighted by Gasteiger charge is 2.32. The molecule has 0 bridgehead atoms. The highest BCUT2D eigenvalue weighted by molar-refractivity contribution is 5.76. The minimum atomic E-state index is -0.873. The van der Waals surface area contributed by atoms with E-state index in [4.69, 9.17) is 4.74 Å². The van der Waals surface area contributed by atoms with Gasteiger partial charge in [0.1, 0.15) is 5.60 Å². The molecule has 1 aromatic carbocycles. The number of hydrogen-bond donors (Lipinski definition) is 2. The number of aliphatic hydroxyl groups is 1. The van der Waals surface area contributed by atoms with Crippen LogP contribution in [-0.4, -0.2) is 36.4 Å². The van der Waals surface area contributed by atoms with Crippen LogP contribution in [0.15, 0.2) is 30.3 Å². The van der Waals surface area contributed by atoms with Crippen LogP contribution in [0.3, 0.4) is 0 Å². The largest absolute Gasteiger partial charge is 0.386 e. The fraction of sp³-hybridized carbons (Fsp3) is 0.500. The van der Waals surface area contributed by atoms with Crippen LogP contribution in [0.4, 0.5) is 0 Å². The van der Waals surface area contributed by atoms with E-state index in [-0.39, 0.29) is 12.5 Å². The van der Waals surface area contributed by atoms with Gasteiger partial charge in [0, 0.05) is 26.0 Å². The summed E-state index contributed by atoms with van der Waals surface area (Å²) < 4.78 is 5.12. The summed E-state index contributed by atoms with van der Waals surface area (Å²) >= 11 is 0. The fourth-order valence-corrected chi connectivity index (χ4v) is 1.99. The van der Waals surface area contributed by atoms with Gasteiger partial charge >= 0.3 is 0 Å². The first-order valence-corrected chi connectivity index (χ1v) is 6.29. The zero-order valence-corrected chi connectivity index (χ0v) is 10.4. The van der Waals surface area contributed by atoms with E-state index in [0.717, 1.165) is 12.0 Å². The molecule has 0 unspecified atom stereocenters. The van der Waals surface area contributed by atoms with Crippen molar-refractivity contribution in [1.29, 1.82) is 0 Å². The fourth-order valence-electron chi connectivity index (χ4n) is 1.99. The average Bonchev–Trinajstić information content (AvgIpc) is 2.83. The molecule has 1 fully saturated rings. The summed E-state index contributed by atoms with van der Waals surface area (Å²) in [4.78, 5) is 11.7. The first-order valence-electron chi connectivity index (χ1n) is 6.29. The second-order valence-electron chi connectivity index (χ2n) is 4.79. The SMILES string of the molecule is O=C(CCc1ccccc1)NC[C@@]1(O)CCOC1. The van der Waals surface area contributed by atoms with Crippen molar-refractivity contribution in [2.75, 3.05) is 19.8 Å². The van der Waals surface area contributed by atoms with Gasteiger partial charge in [0.2, 0.25) is 5.91 Å². The van der Waals surface area contributed by atoms with Gasteiger partial charge in [-0.1, -0.05) is 30.3 Å². The molecular weight excluding hydrogens is 230 g/mol. The molecule has 1 aromatic rings. The van der Waals surface area contributed by atoms with Crippen molar-refractivity contribution in [1.82, 2.24) is 5.32 Å². The van der Waals surface area contributed by atoms with E-state index in [0.29, 0.717) is 26.1 Å². The number of nitrogens with one attached hydrogen (secondary N) is 1. The van der Waals surface area contributed by atoms with Crippen LogP contribution in [0, 0.1) is 0 Å². The average molecular weight is 249 g/mol. The van der Waals surface area contributed by atoms with Gasteiger partial charge in [0.15, 0.2) is 0 Å². The van der Waals surface area contributed by atoms with Gasteiger partial charge < -0.3 is 15.2 Å². The summed E-state index contributed by atoms with van der Waals surface area (Å²) in [5.74, 6) is -0.0285. The molecule has 1 saturated heterocycles. The van der Waals surface area contributed by atoms with Crippen LogP contribution >= 0.6 is 0 Å². The van der Waals surface area contributed by atoms with E-state index in [9.17, 15) is 9.90 Å². The van der Waals surface area contributed by atoms with Crippen molar-refractivity contribution in [3.8, 4) is 0 Å². The molecule has 1 atom stereocenters. The highest BCUT2D eigenvalue weighted by Crippen LogP contribution is 2.16. The third kappa shape index (κ3) is 3.82. The van der Waals surface area contributed by atoms with Crippen LogP contribution in [0.1, 0.15) is 18.4 Å². The third-order valence-corrected chi connectivity index (χ3v) is 3.18. The third-order valence-electron chi connectivity index (χ3n) is 3.18. The molecule has 0 aliphatic carbocycles. The predicted molar refractivity (Wildman–Crippen MR) is 68.2 cm³/mol. The number of rotatable bonds is 5. The van der Waals surface area contributed by atoms with Crippen molar-refractivity contribution in [2.24, 2.45) is 0 Å². The molecule has 0 saturated carbocycles. The van der Waals surface area contributed by atoms with Crippen molar-refractivity contribution in [3.63, 3.8) is 0 Å². The molecule has 1 amide bonds. The maximum Gasteiger partial charge on any atom is 0.220 e. The summed E-state index contributed by atoms with van der Waals surface area (Å²) in [6, 6.07) is 9.90. The Morgan fingerprint density at radius 1 is 1.39 bits per heavy atom. The molecule has 2 rings (SSSR count). The standard InChI is InChI=1S/C14H19NO3/c16-13(7-6-12-4-2-1-3-5-12)15-10-14(17)8-9-18-11-14/h1-5,17H,6-11H2,(H,15,16)/t14-/m0/s1. The van der Waals surface area contributed by atoms with Crippen molar-refractivity contribution in [2.45, 2.75) is 24.9 Å². The van der Waals surface area contributed by atoms with E-state index in [1.54, 1.807) is 0 Å². The van der Waals surface area contributed by atoms with Crippen molar-refractivity contribution >= 4 is 5.91 Å². The zero-order chi connectivity index (χ0) is 12.8. The molecule has 4 nitrogen and oxygen atoms in total. The topological polar surface area (TPSA) is 58.6 Å². The van der Waals surface area contributed by atoms with Crippen LogP contribution in [-0.2, 0) is 16.0 Å². The Labute approximate surface area is 107 Å². The van der Waals surface area contributed by atoms with Crippen LogP contribution in [0.2, 0.25) is 0 Å². The number of ether oxygens (including phenoxy) is 1. The lowest BCUT2D eigenvalue weighted by Crippen LogP contribution is -2.43. The minimum Gasteiger partial charge on any atom is -0.386 e. The molecule has 1 aliphatic heterocycles. The lowest BCUT2D eigenvalue weighted by molar-refractivity contribution is -0.122. The van der Waals surface area contributed by atoms with Gasteiger partial charge in [0.05, 0.1) is 6.61 Å². The molecule has 1 aliphatic rings. The number of amides is 1. The van der Waals surface area contributed by atoms with Gasteiger partial charge in [-0.15, -0.1) is 0 Å². The van der Waals surface area contributed by atoms with E-state index >= 15 is 0 Å². The van der Waals surface area contributed by atoms with Crippen LogP contribution in [0.5, 0.6) is 0 Å². The first kappa shape index (κ1) is 13.1. The second kappa shape index (κ2) is 5.98. The lowest BCUT2D eigenvalue weighted by Gasteiger charge is -2.20. The number of carbonyl (C=O) groups is 1. The molecule has 4 heteroatoms. The van der Waals surface area contributed by atoms with E-state index in [2.05, 4.69) is 5.32 Å². The summed E-state index contributed by atoms with van der Waals surface area (Å²) in [5.41, 5.74) is 0.276. The van der Waals surface area contributed by atoms with E-state index in [1.165, 1.54) is 0 Å². The summed E-state index contributed by atoms with van der Waals surface area (Å²) in [5, 5.41) is 12.8. The van der Waals surface area contributed by atoms with E-state index < -0.39 is 5.60 Å². The Balaban J connectivity index is 1.69. The number of aryl methyl sites for hydroxylation is 1. The molecule has 0 radical (unpaired) electrons. The molecular formula is C14H19NO3. The molecule has 0 aromatic heterocycles. The quantitative estimate of drug-likeness (QED) is 0.814. The smallest absolute Gasteiger partial charge is 0.220 e. The van der Waals surface area contributed by atoms with Gasteiger partial charge in [-0.25, -0.2) is 0 Å². The lowest BCUT2D eigenvalue weighted by atomic mass is 10.0. The minimum absolute atomic E-state index is 0.0285. The van der Waals surface area contributed by atoms with Gasteiger partial charge in [0.25, 0.3) is 0 Å². The molecule has 1 heterocycles. The van der Waals surface area contributed by atoms with Crippen molar-refractivity contribution < 1.29 is 14.6 Å².